The predicted molar refractivity (Wildman–Crippen MR) is 112 cm³/mol. The molecule has 1 aliphatic rings. The van der Waals surface area contributed by atoms with E-state index in [1.54, 1.807) is 30.6 Å². The molecular formula is C21H19ClF2N6O. The van der Waals surface area contributed by atoms with E-state index in [4.69, 9.17) is 11.6 Å². The summed E-state index contributed by atoms with van der Waals surface area (Å²) in [7, 11) is 0. The van der Waals surface area contributed by atoms with Crippen LogP contribution in [-0.2, 0) is 0 Å². The van der Waals surface area contributed by atoms with E-state index in [1.807, 2.05) is 13.0 Å². The van der Waals surface area contributed by atoms with E-state index < -0.39 is 24.3 Å². The molecule has 1 atom stereocenters. The third-order valence-electron chi connectivity index (χ3n) is 5.18. The van der Waals surface area contributed by atoms with Crippen molar-refractivity contribution in [1.82, 2.24) is 24.8 Å². The standard InChI is InChI=1S/C21H19ClF2N6O/c1-13-4-2-5-15(17(13)18-25-7-3-8-26-18)19(31)30-9-6-21(23,24)16(30)12-29-20-27-10-14(22)11-28-20/h2-5,7-8,10-11,16H,6,9,12H2,1H3,(H,27,28,29)/t16-/m1/s1. The summed E-state index contributed by atoms with van der Waals surface area (Å²) in [5, 5.41) is 3.12. The second-order valence-electron chi connectivity index (χ2n) is 7.20. The Bertz CT molecular complexity index is 1080. The lowest BCUT2D eigenvalue weighted by atomic mass is 9.99. The molecule has 160 valence electrons. The molecule has 1 saturated heterocycles. The number of aromatic nitrogens is 4. The van der Waals surface area contributed by atoms with Crippen molar-refractivity contribution in [2.24, 2.45) is 0 Å². The van der Waals surface area contributed by atoms with Crippen LogP contribution in [0.25, 0.3) is 11.4 Å². The average molecular weight is 445 g/mol. The molecule has 1 aromatic carbocycles. The highest BCUT2D eigenvalue weighted by atomic mass is 35.5. The summed E-state index contributed by atoms with van der Waals surface area (Å²) in [6.07, 6.45) is 5.46. The maximum absolute atomic E-state index is 14.7. The van der Waals surface area contributed by atoms with Gasteiger partial charge in [0.25, 0.3) is 11.8 Å². The summed E-state index contributed by atoms with van der Waals surface area (Å²) in [6, 6.07) is 5.48. The quantitative estimate of drug-likeness (QED) is 0.643. The van der Waals surface area contributed by atoms with Gasteiger partial charge in [0.1, 0.15) is 6.04 Å². The molecule has 0 saturated carbocycles. The zero-order valence-electron chi connectivity index (χ0n) is 16.6. The highest BCUT2D eigenvalue weighted by Gasteiger charge is 2.50. The average Bonchev–Trinajstić information content (AvgIpc) is 3.07. The van der Waals surface area contributed by atoms with Gasteiger partial charge in [-0.25, -0.2) is 28.7 Å². The largest absolute Gasteiger partial charge is 0.352 e. The topological polar surface area (TPSA) is 83.9 Å². The molecule has 0 aliphatic carbocycles. The molecule has 0 radical (unpaired) electrons. The van der Waals surface area contributed by atoms with Crippen LogP contribution in [0.4, 0.5) is 14.7 Å². The number of carbonyl (C=O) groups excluding carboxylic acids is 1. The third kappa shape index (κ3) is 4.32. The first-order chi connectivity index (χ1) is 14.9. The Labute approximate surface area is 182 Å². The Kier molecular flexibility index (Phi) is 5.77. The number of rotatable bonds is 5. The van der Waals surface area contributed by atoms with Gasteiger partial charge in [-0.2, -0.15) is 0 Å². The summed E-state index contributed by atoms with van der Waals surface area (Å²) in [4.78, 5) is 31.0. The highest BCUT2D eigenvalue weighted by Crippen LogP contribution is 2.36. The summed E-state index contributed by atoms with van der Waals surface area (Å²) < 4.78 is 29.4. The van der Waals surface area contributed by atoms with E-state index in [2.05, 4.69) is 25.3 Å². The fraction of sp³-hybridized carbons (Fsp3) is 0.286. The van der Waals surface area contributed by atoms with Gasteiger partial charge < -0.3 is 10.2 Å². The van der Waals surface area contributed by atoms with Crippen molar-refractivity contribution in [3.8, 4) is 11.4 Å². The molecule has 1 fully saturated rings. The molecular weight excluding hydrogens is 426 g/mol. The van der Waals surface area contributed by atoms with E-state index in [0.29, 0.717) is 16.4 Å². The highest BCUT2D eigenvalue weighted by molar-refractivity contribution is 6.30. The molecule has 1 N–H and O–H groups in total. The smallest absolute Gasteiger partial charge is 0.271 e. The zero-order chi connectivity index (χ0) is 22.0. The second kappa shape index (κ2) is 8.50. The number of nitrogens with one attached hydrogen (secondary N) is 1. The number of alkyl halides is 2. The molecule has 0 unspecified atom stereocenters. The number of halogens is 3. The molecule has 31 heavy (non-hydrogen) atoms. The fourth-order valence-corrected chi connectivity index (χ4v) is 3.74. The van der Waals surface area contributed by atoms with Gasteiger partial charge in [-0.05, 0) is 24.6 Å². The van der Waals surface area contributed by atoms with Crippen LogP contribution >= 0.6 is 11.6 Å². The van der Waals surface area contributed by atoms with E-state index >= 15 is 0 Å². The molecule has 0 bridgehead atoms. The van der Waals surface area contributed by atoms with Crippen LogP contribution in [0, 0.1) is 6.92 Å². The normalized spacial score (nSPS) is 17.5. The lowest BCUT2D eigenvalue weighted by Gasteiger charge is -2.28. The second-order valence-corrected chi connectivity index (χ2v) is 7.64. The van der Waals surface area contributed by atoms with Gasteiger partial charge in [0.15, 0.2) is 5.82 Å². The molecule has 2 aromatic heterocycles. The summed E-state index contributed by atoms with van der Waals surface area (Å²) in [5.41, 5.74) is 1.61. The lowest BCUT2D eigenvalue weighted by Crippen LogP contribution is -2.47. The molecule has 7 nitrogen and oxygen atoms in total. The minimum atomic E-state index is -3.05. The van der Waals surface area contributed by atoms with Gasteiger partial charge >= 0.3 is 0 Å². The van der Waals surface area contributed by atoms with Gasteiger partial charge in [0.2, 0.25) is 5.95 Å². The van der Waals surface area contributed by atoms with Crippen LogP contribution in [0.2, 0.25) is 5.02 Å². The number of benzene rings is 1. The van der Waals surface area contributed by atoms with Crippen LogP contribution in [0.15, 0.2) is 49.1 Å². The van der Waals surface area contributed by atoms with Gasteiger partial charge in [0.05, 0.1) is 23.0 Å². The van der Waals surface area contributed by atoms with E-state index in [0.717, 1.165) is 5.56 Å². The third-order valence-corrected chi connectivity index (χ3v) is 5.37. The van der Waals surface area contributed by atoms with Crippen molar-refractivity contribution in [3.63, 3.8) is 0 Å². The molecule has 4 rings (SSSR count). The lowest BCUT2D eigenvalue weighted by molar-refractivity contribution is -0.0248. The van der Waals surface area contributed by atoms with Crippen LogP contribution in [0.3, 0.4) is 0 Å². The molecule has 3 heterocycles. The van der Waals surface area contributed by atoms with Gasteiger partial charge in [-0.1, -0.05) is 23.7 Å². The Balaban J connectivity index is 1.63. The molecule has 1 aliphatic heterocycles. The molecule has 1 amide bonds. The van der Waals surface area contributed by atoms with E-state index in [1.165, 1.54) is 17.3 Å². The van der Waals surface area contributed by atoms with Crippen LogP contribution in [-0.4, -0.2) is 55.8 Å². The van der Waals surface area contributed by atoms with Gasteiger partial charge in [-0.3, -0.25) is 4.79 Å². The minimum absolute atomic E-state index is 0.0668. The monoisotopic (exact) mass is 444 g/mol. The van der Waals surface area contributed by atoms with Gasteiger partial charge in [-0.15, -0.1) is 0 Å². The number of aryl methyl sites for hydroxylation is 1. The van der Waals surface area contributed by atoms with Gasteiger partial charge in [0, 0.05) is 37.5 Å². The summed E-state index contributed by atoms with van der Waals surface area (Å²) in [5.74, 6) is -3.01. The van der Waals surface area contributed by atoms with Crippen LogP contribution in [0.1, 0.15) is 22.3 Å². The van der Waals surface area contributed by atoms with Crippen molar-refractivity contribution >= 4 is 23.5 Å². The number of anilines is 1. The summed E-state index contributed by atoms with van der Waals surface area (Å²) in [6.45, 7) is 1.56. The number of hydrogen-bond donors (Lipinski definition) is 1. The SMILES string of the molecule is Cc1cccc(C(=O)N2CCC(F)(F)[C@H]2CNc2ncc(Cl)cn2)c1-c1ncccn1. The molecule has 3 aromatic rings. The predicted octanol–water partition coefficient (Wildman–Crippen LogP) is 3.86. The Morgan fingerprint density at radius 3 is 2.61 bits per heavy atom. The minimum Gasteiger partial charge on any atom is -0.352 e. The fourth-order valence-electron chi connectivity index (χ4n) is 3.64. The van der Waals surface area contributed by atoms with Crippen molar-refractivity contribution in [1.29, 1.82) is 0 Å². The number of carbonyl (C=O) groups is 1. The van der Waals surface area contributed by atoms with Crippen molar-refractivity contribution < 1.29 is 13.6 Å². The first-order valence-corrected chi connectivity index (χ1v) is 10.0. The van der Waals surface area contributed by atoms with Crippen molar-refractivity contribution in [2.75, 3.05) is 18.4 Å². The Morgan fingerprint density at radius 2 is 1.90 bits per heavy atom. The van der Waals surface area contributed by atoms with Crippen LogP contribution < -0.4 is 5.32 Å². The molecule has 10 heteroatoms. The van der Waals surface area contributed by atoms with E-state index in [-0.39, 0.29) is 24.6 Å². The van der Waals surface area contributed by atoms with E-state index in [9.17, 15) is 13.6 Å². The first kappa shape index (κ1) is 21.0. The van der Waals surface area contributed by atoms with Crippen molar-refractivity contribution in [2.45, 2.75) is 25.3 Å². The Morgan fingerprint density at radius 1 is 1.19 bits per heavy atom. The molecule has 0 spiro atoms. The maximum Gasteiger partial charge on any atom is 0.271 e. The van der Waals surface area contributed by atoms with Crippen LogP contribution in [0.5, 0.6) is 0 Å². The number of likely N-dealkylation sites (tertiary alicyclic amines) is 1. The zero-order valence-corrected chi connectivity index (χ0v) is 17.4. The number of hydrogen-bond acceptors (Lipinski definition) is 6. The Hall–Kier alpha value is -3.20. The first-order valence-electron chi connectivity index (χ1n) is 9.64. The number of amides is 1. The maximum atomic E-state index is 14.7. The van der Waals surface area contributed by atoms with Crippen molar-refractivity contribution in [3.05, 3.63) is 65.2 Å². The number of nitrogens with zero attached hydrogens (tertiary/aromatic N) is 5. The summed E-state index contributed by atoms with van der Waals surface area (Å²) >= 11 is 5.76.